The fourth-order valence-electron chi connectivity index (χ4n) is 2.15. The molecule has 2 aromatic heterocycles. The second-order valence-corrected chi connectivity index (χ2v) is 4.59. The molecular weight excluding hydrogens is 242 g/mol. The van der Waals surface area contributed by atoms with E-state index in [1.165, 1.54) is 0 Å². The number of hydrogen-bond acceptors (Lipinski definition) is 5. The van der Waals surface area contributed by atoms with Crippen molar-refractivity contribution in [2.24, 2.45) is 0 Å². The van der Waals surface area contributed by atoms with Gasteiger partial charge in [0.05, 0.1) is 12.2 Å². The van der Waals surface area contributed by atoms with Crippen LogP contribution in [0.5, 0.6) is 0 Å². The molecule has 98 valence electrons. The van der Waals surface area contributed by atoms with Gasteiger partial charge in [-0.25, -0.2) is 9.97 Å². The van der Waals surface area contributed by atoms with Crippen molar-refractivity contribution < 1.29 is 4.79 Å². The topological polar surface area (TPSA) is 73.9 Å². The van der Waals surface area contributed by atoms with Crippen LogP contribution in [0, 0.1) is 6.92 Å². The summed E-state index contributed by atoms with van der Waals surface area (Å²) in [4.78, 5) is 25.1. The maximum absolute atomic E-state index is 11.3. The highest BCUT2D eigenvalue weighted by Gasteiger charge is 2.21. The number of aryl methyl sites for hydroxylation is 1. The van der Waals surface area contributed by atoms with Crippen molar-refractivity contribution in [3.63, 3.8) is 0 Å². The fourth-order valence-corrected chi connectivity index (χ4v) is 2.15. The molecule has 0 radical (unpaired) electrons. The predicted molar refractivity (Wildman–Crippen MR) is 72.7 cm³/mol. The molecule has 0 saturated carbocycles. The molecule has 0 atom stereocenters. The lowest BCUT2D eigenvalue weighted by molar-refractivity contribution is -0.116. The minimum Gasteiger partial charge on any atom is -0.366 e. The van der Waals surface area contributed by atoms with Gasteiger partial charge in [-0.1, -0.05) is 0 Å². The summed E-state index contributed by atoms with van der Waals surface area (Å²) >= 11 is 0. The number of nitrogens with one attached hydrogen (secondary N) is 2. The summed E-state index contributed by atoms with van der Waals surface area (Å²) in [6, 6.07) is 3.80. The van der Waals surface area contributed by atoms with Crippen LogP contribution in [0.15, 0.2) is 24.5 Å². The lowest BCUT2D eigenvalue weighted by atomic mass is 10.4. The Bertz CT molecular complexity index is 593. The number of anilines is 3. The quantitative estimate of drug-likeness (QED) is 0.874. The molecule has 0 spiro atoms. The summed E-state index contributed by atoms with van der Waals surface area (Å²) in [5.74, 6) is 2.49. The van der Waals surface area contributed by atoms with Gasteiger partial charge in [0.15, 0.2) is 5.78 Å². The summed E-state index contributed by atoms with van der Waals surface area (Å²) in [6.45, 7) is 3.03. The fraction of sp³-hybridized carbons (Fsp3) is 0.308. The number of carbonyl (C=O) groups excluding carboxylic acids is 1. The number of ketones is 1. The monoisotopic (exact) mass is 257 g/mol. The molecule has 0 aliphatic carbocycles. The summed E-state index contributed by atoms with van der Waals surface area (Å²) in [7, 11) is 0. The van der Waals surface area contributed by atoms with Gasteiger partial charge >= 0.3 is 0 Å². The minimum atomic E-state index is 0.261. The van der Waals surface area contributed by atoms with Gasteiger partial charge in [-0.3, -0.25) is 4.79 Å². The van der Waals surface area contributed by atoms with Crippen LogP contribution in [0.1, 0.15) is 12.2 Å². The van der Waals surface area contributed by atoms with E-state index in [1.807, 2.05) is 36.4 Å². The van der Waals surface area contributed by atoms with Crippen molar-refractivity contribution in [2.45, 2.75) is 13.3 Å². The Hall–Kier alpha value is -2.37. The molecule has 2 N–H and O–H groups in total. The van der Waals surface area contributed by atoms with Crippen molar-refractivity contribution >= 4 is 23.1 Å². The van der Waals surface area contributed by atoms with E-state index in [1.54, 1.807) is 0 Å². The Morgan fingerprint density at radius 1 is 1.42 bits per heavy atom. The highest BCUT2D eigenvalue weighted by molar-refractivity contribution is 5.86. The molecule has 2 aromatic rings. The van der Waals surface area contributed by atoms with Crippen molar-refractivity contribution in [1.82, 2.24) is 15.0 Å². The summed E-state index contributed by atoms with van der Waals surface area (Å²) in [5.41, 5.74) is 0.946. The van der Waals surface area contributed by atoms with Crippen LogP contribution in [-0.2, 0) is 4.79 Å². The number of hydrogen-bond donors (Lipinski definition) is 2. The van der Waals surface area contributed by atoms with Gasteiger partial charge in [0.25, 0.3) is 0 Å². The maximum atomic E-state index is 11.3. The largest absolute Gasteiger partial charge is 0.366 e. The maximum Gasteiger partial charge on any atom is 0.153 e. The van der Waals surface area contributed by atoms with Crippen LogP contribution < -0.4 is 10.2 Å². The van der Waals surface area contributed by atoms with Gasteiger partial charge in [0.2, 0.25) is 0 Å². The zero-order valence-corrected chi connectivity index (χ0v) is 10.7. The van der Waals surface area contributed by atoms with E-state index in [4.69, 9.17) is 0 Å². The SMILES string of the molecule is Cc1nc(Nc2cc[nH]c2)cc(N2CCC(=O)C2)n1. The van der Waals surface area contributed by atoms with Gasteiger partial charge in [0, 0.05) is 31.4 Å². The molecule has 0 unspecified atom stereocenters. The highest BCUT2D eigenvalue weighted by atomic mass is 16.1. The van der Waals surface area contributed by atoms with Gasteiger partial charge in [-0.05, 0) is 13.0 Å². The molecule has 0 aromatic carbocycles. The summed E-state index contributed by atoms with van der Waals surface area (Å²) in [5, 5.41) is 3.21. The normalized spacial score (nSPS) is 15.0. The van der Waals surface area contributed by atoms with Crippen LogP contribution in [0.2, 0.25) is 0 Å². The summed E-state index contributed by atoms with van der Waals surface area (Å²) in [6.07, 6.45) is 4.30. The zero-order valence-electron chi connectivity index (χ0n) is 10.7. The van der Waals surface area contributed by atoms with E-state index < -0.39 is 0 Å². The number of aromatic amines is 1. The standard InChI is InChI=1S/C13H15N5O/c1-9-15-12(17-10-2-4-14-7-10)6-13(16-9)18-5-3-11(19)8-18/h2,4,6-7,14H,3,5,8H2,1H3,(H,15,16,17). The van der Waals surface area contributed by atoms with E-state index in [-0.39, 0.29) is 5.78 Å². The molecule has 3 rings (SSSR count). The first-order valence-electron chi connectivity index (χ1n) is 6.23. The van der Waals surface area contributed by atoms with Crippen LogP contribution in [0.4, 0.5) is 17.3 Å². The van der Waals surface area contributed by atoms with Gasteiger partial charge in [-0.15, -0.1) is 0 Å². The molecule has 1 saturated heterocycles. The average Bonchev–Trinajstić information content (AvgIpc) is 3.00. The Morgan fingerprint density at radius 2 is 2.32 bits per heavy atom. The molecule has 19 heavy (non-hydrogen) atoms. The third-order valence-electron chi connectivity index (χ3n) is 3.05. The van der Waals surface area contributed by atoms with Crippen LogP contribution in [0.3, 0.4) is 0 Å². The smallest absolute Gasteiger partial charge is 0.153 e. The van der Waals surface area contributed by atoms with Crippen molar-refractivity contribution in [1.29, 1.82) is 0 Å². The van der Waals surface area contributed by atoms with E-state index in [9.17, 15) is 4.79 Å². The molecule has 1 aliphatic rings. The number of H-pyrrole nitrogens is 1. The first kappa shape index (κ1) is 11.7. The molecule has 0 amide bonds. The van der Waals surface area contributed by atoms with Crippen molar-refractivity contribution in [2.75, 3.05) is 23.3 Å². The number of Topliss-reactive ketones (excluding diaryl/α,β-unsaturated/α-hetero) is 1. The van der Waals surface area contributed by atoms with Crippen molar-refractivity contribution in [3.05, 3.63) is 30.4 Å². The number of aromatic nitrogens is 3. The average molecular weight is 257 g/mol. The van der Waals surface area contributed by atoms with E-state index in [0.29, 0.717) is 18.8 Å². The Morgan fingerprint density at radius 3 is 3.00 bits per heavy atom. The summed E-state index contributed by atoms with van der Waals surface area (Å²) < 4.78 is 0. The second kappa shape index (κ2) is 4.72. The third-order valence-corrected chi connectivity index (χ3v) is 3.05. The molecule has 1 aliphatic heterocycles. The molecule has 1 fully saturated rings. The van der Waals surface area contributed by atoms with E-state index >= 15 is 0 Å². The Kier molecular flexibility index (Phi) is 2.91. The number of nitrogens with zero attached hydrogens (tertiary/aromatic N) is 3. The minimum absolute atomic E-state index is 0.261. The highest BCUT2D eigenvalue weighted by Crippen LogP contribution is 2.21. The van der Waals surface area contributed by atoms with Crippen LogP contribution in [0.25, 0.3) is 0 Å². The number of carbonyl (C=O) groups is 1. The van der Waals surface area contributed by atoms with Gasteiger partial charge in [-0.2, -0.15) is 0 Å². The number of rotatable bonds is 3. The third kappa shape index (κ3) is 2.57. The molecule has 6 heteroatoms. The van der Waals surface area contributed by atoms with Crippen molar-refractivity contribution in [3.8, 4) is 0 Å². The van der Waals surface area contributed by atoms with Crippen LogP contribution in [-0.4, -0.2) is 33.8 Å². The molecule has 3 heterocycles. The van der Waals surface area contributed by atoms with Gasteiger partial charge in [0.1, 0.15) is 17.5 Å². The Labute approximate surface area is 110 Å². The molecular formula is C13H15N5O. The van der Waals surface area contributed by atoms with Crippen LogP contribution >= 0.6 is 0 Å². The lowest BCUT2D eigenvalue weighted by Gasteiger charge is -2.16. The zero-order chi connectivity index (χ0) is 13.2. The lowest BCUT2D eigenvalue weighted by Crippen LogP contribution is -2.21. The van der Waals surface area contributed by atoms with Gasteiger partial charge < -0.3 is 15.2 Å². The molecule has 0 bridgehead atoms. The Balaban J connectivity index is 1.85. The second-order valence-electron chi connectivity index (χ2n) is 4.59. The molecule has 6 nitrogen and oxygen atoms in total. The van der Waals surface area contributed by atoms with E-state index in [2.05, 4.69) is 20.3 Å². The first-order valence-corrected chi connectivity index (χ1v) is 6.23. The van der Waals surface area contributed by atoms with E-state index in [0.717, 1.165) is 23.9 Å². The predicted octanol–water partition coefficient (Wildman–Crippen LogP) is 1.64. The first-order chi connectivity index (χ1) is 9.20.